The average Bonchev–Trinajstić information content (AvgIpc) is 2.75. The Morgan fingerprint density at radius 1 is 0.933 bits per heavy atom. The molecule has 0 spiro atoms. The van der Waals surface area contributed by atoms with Gasteiger partial charge in [0.25, 0.3) is 0 Å². The highest BCUT2D eigenvalue weighted by molar-refractivity contribution is 14.0. The number of ether oxygens (including phenoxy) is 3. The number of guanidine groups is 1. The molecule has 0 atom stereocenters. The lowest BCUT2D eigenvalue weighted by Crippen LogP contribution is -2.43. The molecule has 0 radical (unpaired) electrons. The van der Waals surface area contributed by atoms with Gasteiger partial charge in [0.2, 0.25) is 0 Å². The zero-order chi connectivity index (χ0) is 21.3. The predicted molar refractivity (Wildman–Crippen MR) is 134 cm³/mol. The monoisotopic (exact) mass is 527 g/mol. The zero-order valence-corrected chi connectivity index (χ0v) is 21.1. The van der Waals surface area contributed by atoms with Gasteiger partial charge < -0.3 is 24.8 Å². The summed E-state index contributed by atoms with van der Waals surface area (Å²) < 4.78 is 16.1. The van der Waals surface area contributed by atoms with Crippen molar-refractivity contribution in [1.29, 1.82) is 0 Å². The van der Waals surface area contributed by atoms with Crippen LogP contribution in [0.5, 0.6) is 17.2 Å². The van der Waals surface area contributed by atoms with E-state index in [0.717, 1.165) is 40.9 Å². The maximum absolute atomic E-state index is 5.45. The number of benzene rings is 2. The van der Waals surface area contributed by atoms with Gasteiger partial charge in [0.05, 0.1) is 27.9 Å². The molecule has 2 aromatic carbocycles. The van der Waals surface area contributed by atoms with Crippen LogP contribution < -0.4 is 24.8 Å². The van der Waals surface area contributed by atoms with Crippen LogP contribution in [0, 0.1) is 0 Å². The summed E-state index contributed by atoms with van der Waals surface area (Å²) >= 11 is 0. The van der Waals surface area contributed by atoms with Crippen molar-refractivity contribution in [1.82, 2.24) is 10.6 Å². The van der Waals surface area contributed by atoms with Gasteiger partial charge in [-0.05, 0) is 42.3 Å². The van der Waals surface area contributed by atoms with E-state index in [9.17, 15) is 0 Å². The van der Waals surface area contributed by atoms with Crippen LogP contribution >= 0.6 is 24.0 Å². The Morgan fingerprint density at radius 3 is 2.30 bits per heavy atom. The molecule has 0 amide bonds. The molecule has 7 heteroatoms. The Morgan fingerprint density at radius 2 is 1.67 bits per heavy atom. The second kappa shape index (κ2) is 12.5. The topological polar surface area (TPSA) is 64.1 Å². The molecular formula is C23H34IN3O3. The molecule has 0 heterocycles. The van der Waals surface area contributed by atoms with E-state index in [1.165, 1.54) is 0 Å². The number of halogens is 1. The van der Waals surface area contributed by atoms with Gasteiger partial charge in [-0.1, -0.05) is 32.0 Å². The molecule has 0 saturated carbocycles. The molecule has 0 fully saturated rings. The van der Waals surface area contributed by atoms with E-state index < -0.39 is 0 Å². The maximum atomic E-state index is 5.45. The minimum atomic E-state index is -0.133. The highest BCUT2D eigenvalue weighted by Crippen LogP contribution is 2.32. The molecule has 6 nitrogen and oxygen atoms in total. The van der Waals surface area contributed by atoms with E-state index in [-0.39, 0.29) is 29.4 Å². The third kappa shape index (κ3) is 7.27. The number of methoxy groups -OCH3 is 3. The minimum absolute atomic E-state index is 0. The number of nitrogens with one attached hydrogen (secondary N) is 2. The van der Waals surface area contributed by atoms with Crippen LogP contribution in [-0.2, 0) is 12.0 Å². The third-order valence-electron chi connectivity index (χ3n) is 4.76. The van der Waals surface area contributed by atoms with Crippen LogP contribution in [0.4, 0.5) is 0 Å². The molecule has 30 heavy (non-hydrogen) atoms. The Bertz CT molecular complexity index is 825. The summed E-state index contributed by atoms with van der Waals surface area (Å²) in [6.07, 6.45) is 0. The molecule has 2 rings (SSSR count). The molecular weight excluding hydrogens is 493 g/mol. The summed E-state index contributed by atoms with van der Waals surface area (Å²) in [6, 6.07) is 14.0. The van der Waals surface area contributed by atoms with E-state index in [0.29, 0.717) is 13.1 Å². The first kappa shape index (κ1) is 25.9. The number of rotatable bonds is 9. The van der Waals surface area contributed by atoms with Gasteiger partial charge in [-0.2, -0.15) is 0 Å². The van der Waals surface area contributed by atoms with Gasteiger partial charge in [0, 0.05) is 18.5 Å². The van der Waals surface area contributed by atoms with Gasteiger partial charge in [-0.25, -0.2) is 4.99 Å². The SMILES string of the molecule is CCNC(=NCc1cccc(OC)c1)NCC(C)(C)c1ccc(OC)c(OC)c1.I. The zero-order valence-electron chi connectivity index (χ0n) is 18.7. The van der Waals surface area contributed by atoms with Crippen LogP contribution in [-0.4, -0.2) is 40.4 Å². The first-order valence-electron chi connectivity index (χ1n) is 9.81. The van der Waals surface area contributed by atoms with Gasteiger partial charge in [-0.15, -0.1) is 24.0 Å². The lowest BCUT2D eigenvalue weighted by molar-refractivity contribution is 0.353. The Kier molecular flexibility index (Phi) is 10.8. The predicted octanol–water partition coefficient (Wildman–Crippen LogP) is 4.36. The molecule has 166 valence electrons. The number of aliphatic imine (C=N–C) groups is 1. The van der Waals surface area contributed by atoms with Crippen molar-refractivity contribution in [2.75, 3.05) is 34.4 Å². The standard InChI is InChI=1S/C23H33N3O3.HI/c1-7-24-22(25-15-17-9-8-10-19(13-17)27-4)26-16-23(2,3)18-11-12-20(28-5)21(14-18)29-6;/h8-14H,7,15-16H2,1-6H3,(H2,24,25,26);1H. The van der Waals surface area contributed by atoms with E-state index in [1.54, 1.807) is 21.3 Å². The number of nitrogens with zero attached hydrogens (tertiary/aromatic N) is 1. The molecule has 0 aliphatic carbocycles. The highest BCUT2D eigenvalue weighted by atomic mass is 127. The second-order valence-corrected chi connectivity index (χ2v) is 7.35. The van der Waals surface area contributed by atoms with Crippen molar-refractivity contribution >= 4 is 29.9 Å². The van der Waals surface area contributed by atoms with Gasteiger partial charge in [-0.3, -0.25) is 0 Å². The Hall–Kier alpha value is -2.16. The minimum Gasteiger partial charge on any atom is -0.497 e. The summed E-state index contributed by atoms with van der Waals surface area (Å²) in [4.78, 5) is 4.71. The molecule has 0 saturated heterocycles. The lowest BCUT2D eigenvalue weighted by Gasteiger charge is -2.27. The van der Waals surface area contributed by atoms with Crippen molar-refractivity contribution in [3.05, 3.63) is 53.6 Å². The van der Waals surface area contributed by atoms with E-state index in [2.05, 4.69) is 37.5 Å². The van der Waals surface area contributed by atoms with Crippen molar-refractivity contribution in [2.24, 2.45) is 4.99 Å². The summed E-state index contributed by atoms with van der Waals surface area (Å²) in [5.74, 6) is 3.08. The fourth-order valence-electron chi connectivity index (χ4n) is 2.95. The Labute approximate surface area is 197 Å². The first-order valence-corrected chi connectivity index (χ1v) is 9.81. The van der Waals surface area contributed by atoms with Gasteiger partial charge in [0.1, 0.15) is 5.75 Å². The smallest absolute Gasteiger partial charge is 0.191 e. The Balaban J connectivity index is 0.00000450. The summed E-state index contributed by atoms with van der Waals surface area (Å²) in [5.41, 5.74) is 2.12. The van der Waals surface area contributed by atoms with E-state index >= 15 is 0 Å². The number of hydrogen-bond acceptors (Lipinski definition) is 4. The van der Waals surface area contributed by atoms with Crippen LogP contribution in [0.3, 0.4) is 0 Å². The van der Waals surface area contributed by atoms with Crippen LogP contribution in [0.1, 0.15) is 31.9 Å². The normalized spacial score (nSPS) is 11.3. The molecule has 0 aliphatic heterocycles. The first-order chi connectivity index (χ1) is 13.9. The number of hydrogen-bond donors (Lipinski definition) is 2. The summed E-state index contributed by atoms with van der Waals surface area (Å²) in [7, 11) is 4.97. The molecule has 2 N–H and O–H groups in total. The maximum Gasteiger partial charge on any atom is 0.191 e. The van der Waals surface area contributed by atoms with Gasteiger partial charge >= 0.3 is 0 Å². The molecule has 0 unspecified atom stereocenters. The van der Waals surface area contributed by atoms with Crippen LogP contribution in [0.15, 0.2) is 47.5 Å². The largest absolute Gasteiger partial charge is 0.497 e. The average molecular weight is 527 g/mol. The third-order valence-corrected chi connectivity index (χ3v) is 4.76. The van der Waals surface area contributed by atoms with Gasteiger partial charge in [0.15, 0.2) is 17.5 Å². The van der Waals surface area contributed by atoms with Crippen molar-refractivity contribution in [2.45, 2.75) is 32.7 Å². The summed E-state index contributed by atoms with van der Waals surface area (Å²) in [6.45, 7) is 8.51. The molecule has 0 aromatic heterocycles. The highest BCUT2D eigenvalue weighted by Gasteiger charge is 2.22. The second-order valence-electron chi connectivity index (χ2n) is 7.35. The lowest BCUT2D eigenvalue weighted by atomic mass is 9.84. The molecule has 0 aliphatic rings. The fraction of sp³-hybridized carbons (Fsp3) is 0.435. The molecule has 0 bridgehead atoms. The van der Waals surface area contributed by atoms with Crippen LogP contribution in [0.25, 0.3) is 0 Å². The van der Waals surface area contributed by atoms with Crippen molar-refractivity contribution in [3.8, 4) is 17.2 Å². The van der Waals surface area contributed by atoms with E-state index in [1.807, 2.05) is 36.4 Å². The molecule has 2 aromatic rings. The quantitative estimate of drug-likeness (QED) is 0.288. The fourth-order valence-corrected chi connectivity index (χ4v) is 2.95. The van der Waals surface area contributed by atoms with Crippen molar-refractivity contribution < 1.29 is 14.2 Å². The summed E-state index contributed by atoms with van der Waals surface area (Å²) in [5, 5.41) is 6.77. The van der Waals surface area contributed by atoms with Crippen molar-refractivity contribution in [3.63, 3.8) is 0 Å². The van der Waals surface area contributed by atoms with E-state index in [4.69, 9.17) is 19.2 Å². The van der Waals surface area contributed by atoms with Crippen LogP contribution in [0.2, 0.25) is 0 Å².